The fourth-order valence-electron chi connectivity index (χ4n) is 2.76. The van der Waals surface area contributed by atoms with E-state index in [9.17, 15) is 4.79 Å². The largest absolute Gasteiger partial charge is 0.482 e. The third-order valence-electron chi connectivity index (χ3n) is 4.21. The Balaban J connectivity index is 1.69. The third-order valence-corrected chi connectivity index (χ3v) is 5.07. The van der Waals surface area contributed by atoms with Crippen molar-refractivity contribution in [2.75, 3.05) is 6.61 Å². The maximum atomic E-state index is 12.3. The van der Waals surface area contributed by atoms with Crippen molar-refractivity contribution in [1.82, 2.24) is 0 Å². The number of hydrogen-bond donors (Lipinski definition) is 0. The lowest BCUT2D eigenvalue weighted by Crippen LogP contribution is -2.18. The first-order valence-electron chi connectivity index (χ1n) is 8.56. The Morgan fingerprint density at radius 2 is 1.77 bits per heavy atom. The predicted molar refractivity (Wildman–Crippen MR) is 108 cm³/mol. The van der Waals surface area contributed by atoms with Gasteiger partial charge in [0.2, 0.25) is 0 Å². The molecule has 0 saturated heterocycles. The molecule has 0 saturated carbocycles. The number of halogens is 1. The van der Waals surface area contributed by atoms with Gasteiger partial charge in [-0.25, -0.2) is 4.79 Å². The van der Waals surface area contributed by atoms with Crippen LogP contribution in [0.15, 0.2) is 59.1 Å². The molecule has 0 spiro atoms. The van der Waals surface area contributed by atoms with Gasteiger partial charge in [-0.3, -0.25) is 0 Å². The van der Waals surface area contributed by atoms with Crippen LogP contribution in [-0.4, -0.2) is 12.6 Å². The molecule has 0 aliphatic heterocycles. The molecule has 0 N–H and O–H groups in total. The van der Waals surface area contributed by atoms with Crippen LogP contribution in [0.5, 0.6) is 11.5 Å². The molecule has 3 nitrogen and oxygen atoms in total. The highest BCUT2D eigenvalue weighted by Gasteiger charge is 2.15. The first-order valence-corrected chi connectivity index (χ1v) is 9.35. The number of ether oxygens (including phenoxy) is 2. The number of carbonyl (C=O) groups excluding carboxylic acids is 1. The van der Waals surface area contributed by atoms with Gasteiger partial charge in [-0.2, -0.15) is 0 Å². The lowest BCUT2D eigenvalue weighted by Gasteiger charge is -2.15. The van der Waals surface area contributed by atoms with Gasteiger partial charge < -0.3 is 9.47 Å². The summed E-state index contributed by atoms with van der Waals surface area (Å²) in [6, 6.07) is 17.7. The maximum absolute atomic E-state index is 12.3. The van der Waals surface area contributed by atoms with E-state index in [1.54, 1.807) is 0 Å². The highest BCUT2D eigenvalue weighted by Crippen LogP contribution is 2.32. The number of benzene rings is 3. The average molecular weight is 413 g/mol. The monoisotopic (exact) mass is 412 g/mol. The van der Waals surface area contributed by atoms with Crippen LogP contribution in [-0.2, 0) is 4.79 Å². The van der Waals surface area contributed by atoms with Crippen molar-refractivity contribution in [1.29, 1.82) is 0 Å². The third kappa shape index (κ3) is 4.25. The van der Waals surface area contributed by atoms with E-state index in [2.05, 4.69) is 29.8 Å². The van der Waals surface area contributed by atoms with Crippen molar-refractivity contribution in [2.24, 2.45) is 0 Å². The summed E-state index contributed by atoms with van der Waals surface area (Å²) in [5, 5.41) is 2.21. The zero-order valence-corrected chi connectivity index (χ0v) is 16.7. The van der Waals surface area contributed by atoms with E-state index in [4.69, 9.17) is 9.47 Å². The summed E-state index contributed by atoms with van der Waals surface area (Å²) in [6.45, 7) is 5.97. The maximum Gasteiger partial charge on any atom is 0.349 e. The molecule has 134 valence electrons. The van der Waals surface area contributed by atoms with Crippen LogP contribution in [0.4, 0.5) is 0 Å². The zero-order valence-electron chi connectivity index (χ0n) is 15.1. The minimum Gasteiger partial charge on any atom is -0.482 e. The summed E-state index contributed by atoms with van der Waals surface area (Å²) < 4.78 is 12.2. The molecule has 3 aromatic carbocycles. The molecule has 0 aliphatic carbocycles. The van der Waals surface area contributed by atoms with E-state index in [0.717, 1.165) is 26.4 Å². The smallest absolute Gasteiger partial charge is 0.349 e. The molecule has 4 heteroatoms. The van der Waals surface area contributed by atoms with Crippen molar-refractivity contribution in [3.8, 4) is 11.5 Å². The molecular formula is C22H21BrO3. The Bertz CT molecular complexity index is 947. The average Bonchev–Trinajstić information content (AvgIpc) is 2.62. The van der Waals surface area contributed by atoms with Gasteiger partial charge in [0, 0.05) is 4.47 Å². The normalized spacial score (nSPS) is 11.0. The minimum absolute atomic E-state index is 0.134. The van der Waals surface area contributed by atoms with Crippen LogP contribution in [0.2, 0.25) is 0 Å². The fraction of sp³-hybridized carbons (Fsp3) is 0.227. The Morgan fingerprint density at radius 1 is 1.04 bits per heavy atom. The molecule has 0 aromatic heterocycles. The number of carbonyl (C=O) groups is 1. The number of aryl methyl sites for hydroxylation is 1. The molecule has 0 unspecified atom stereocenters. The van der Waals surface area contributed by atoms with Gasteiger partial charge in [-0.1, -0.05) is 60.1 Å². The Labute approximate surface area is 162 Å². The summed E-state index contributed by atoms with van der Waals surface area (Å²) in [7, 11) is 0. The summed E-state index contributed by atoms with van der Waals surface area (Å²) >= 11 is 3.53. The SMILES string of the molecule is Cc1cc(OC(=O)COc2ccc3ccccc3c2)c(C(C)C)cc1Br. The molecule has 0 aliphatic rings. The van der Waals surface area contributed by atoms with Crippen LogP contribution >= 0.6 is 15.9 Å². The second-order valence-corrected chi connectivity index (χ2v) is 7.42. The number of hydrogen-bond acceptors (Lipinski definition) is 3. The second kappa shape index (κ2) is 7.92. The summed E-state index contributed by atoms with van der Waals surface area (Å²) in [6.07, 6.45) is 0. The van der Waals surface area contributed by atoms with Gasteiger partial charge in [0.1, 0.15) is 11.5 Å². The lowest BCUT2D eigenvalue weighted by molar-refractivity contribution is -0.136. The van der Waals surface area contributed by atoms with Crippen molar-refractivity contribution >= 4 is 32.7 Å². The van der Waals surface area contributed by atoms with Gasteiger partial charge in [0.15, 0.2) is 6.61 Å². The molecule has 0 atom stereocenters. The lowest BCUT2D eigenvalue weighted by atomic mass is 10.0. The Morgan fingerprint density at radius 3 is 2.50 bits per heavy atom. The molecule has 0 fully saturated rings. The van der Waals surface area contributed by atoms with Gasteiger partial charge in [0.05, 0.1) is 0 Å². The predicted octanol–water partition coefficient (Wildman–Crippen LogP) is 6.02. The molecular weight excluding hydrogens is 392 g/mol. The van der Waals surface area contributed by atoms with E-state index in [1.165, 1.54) is 0 Å². The second-order valence-electron chi connectivity index (χ2n) is 6.57. The summed E-state index contributed by atoms with van der Waals surface area (Å²) in [4.78, 5) is 12.3. The number of rotatable bonds is 5. The van der Waals surface area contributed by atoms with Crippen LogP contribution in [0.25, 0.3) is 10.8 Å². The summed E-state index contributed by atoms with van der Waals surface area (Å²) in [5.41, 5.74) is 2.01. The van der Waals surface area contributed by atoms with Crippen molar-refractivity contribution in [3.63, 3.8) is 0 Å². The van der Waals surface area contributed by atoms with Crippen molar-refractivity contribution < 1.29 is 14.3 Å². The minimum atomic E-state index is -0.415. The van der Waals surface area contributed by atoms with Gasteiger partial charge >= 0.3 is 5.97 Å². The zero-order chi connectivity index (χ0) is 18.7. The topological polar surface area (TPSA) is 35.5 Å². The van der Waals surface area contributed by atoms with Crippen LogP contribution < -0.4 is 9.47 Å². The molecule has 0 radical (unpaired) electrons. The summed E-state index contributed by atoms with van der Waals surface area (Å²) in [5.74, 6) is 1.07. The highest BCUT2D eigenvalue weighted by molar-refractivity contribution is 9.10. The molecule has 3 rings (SSSR count). The Kier molecular flexibility index (Phi) is 5.62. The van der Waals surface area contributed by atoms with Crippen LogP contribution in [0, 0.1) is 6.92 Å². The van der Waals surface area contributed by atoms with Crippen molar-refractivity contribution in [3.05, 3.63) is 70.2 Å². The number of fused-ring (bicyclic) bond motifs is 1. The van der Waals surface area contributed by atoms with Gasteiger partial charge in [-0.15, -0.1) is 0 Å². The first kappa shape index (κ1) is 18.5. The molecule has 0 heterocycles. The standard InChI is InChI=1S/C22H21BrO3/c1-14(2)19-12-20(23)15(3)10-21(19)26-22(24)13-25-18-9-8-16-6-4-5-7-17(16)11-18/h4-12,14H,13H2,1-3H3. The van der Waals surface area contributed by atoms with E-state index in [-0.39, 0.29) is 12.5 Å². The molecule has 0 bridgehead atoms. The Hall–Kier alpha value is -2.33. The fourth-order valence-corrected chi connectivity index (χ4v) is 3.12. The van der Waals surface area contributed by atoms with Gasteiger partial charge in [0.25, 0.3) is 0 Å². The van der Waals surface area contributed by atoms with Crippen LogP contribution in [0.3, 0.4) is 0 Å². The molecule has 0 amide bonds. The van der Waals surface area contributed by atoms with Crippen molar-refractivity contribution in [2.45, 2.75) is 26.7 Å². The van der Waals surface area contributed by atoms with E-state index in [0.29, 0.717) is 11.5 Å². The van der Waals surface area contributed by atoms with E-state index >= 15 is 0 Å². The van der Waals surface area contributed by atoms with Gasteiger partial charge in [-0.05, 0) is 59.0 Å². The highest BCUT2D eigenvalue weighted by atomic mass is 79.9. The van der Waals surface area contributed by atoms with E-state index in [1.807, 2.05) is 61.5 Å². The molecule has 3 aromatic rings. The van der Waals surface area contributed by atoms with Crippen LogP contribution in [0.1, 0.15) is 30.9 Å². The molecule has 26 heavy (non-hydrogen) atoms. The first-order chi connectivity index (χ1) is 12.4. The number of esters is 1. The van der Waals surface area contributed by atoms with E-state index < -0.39 is 5.97 Å². The quantitative estimate of drug-likeness (QED) is 0.379.